The molecule has 0 saturated carbocycles. The van der Waals surface area contributed by atoms with Gasteiger partial charge in [-0.15, -0.1) is 0 Å². The summed E-state index contributed by atoms with van der Waals surface area (Å²) >= 11 is 0. The highest BCUT2D eigenvalue weighted by atomic mass is 31.2. The Bertz CT molecular complexity index is 1970. The molecule has 4 aromatic rings. The Morgan fingerprint density at radius 1 is 1.04 bits per heavy atom. The van der Waals surface area contributed by atoms with Crippen LogP contribution in [0.1, 0.15) is 54.4 Å². The Balaban J connectivity index is 1.29. The van der Waals surface area contributed by atoms with Crippen LogP contribution in [0.25, 0.3) is 26.4 Å². The van der Waals surface area contributed by atoms with Crippen LogP contribution in [-0.2, 0) is 15.6 Å². The maximum absolute atomic E-state index is 13.4. The Kier molecular flexibility index (Phi) is 11.5. The third-order valence-corrected chi connectivity index (χ3v) is 10.4. The lowest BCUT2D eigenvalue weighted by atomic mass is 10.0. The predicted molar refractivity (Wildman–Crippen MR) is 197 cm³/mol. The van der Waals surface area contributed by atoms with E-state index in [-0.39, 0.29) is 49.7 Å². The molecule has 1 aromatic heterocycles. The van der Waals surface area contributed by atoms with Gasteiger partial charge in [-0.2, -0.15) is 0 Å². The van der Waals surface area contributed by atoms with Crippen LogP contribution in [0.2, 0.25) is 0 Å². The molecule has 0 saturated heterocycles. The summed E-state index contributed by atoms with van der Waals surface area (Å²) in [5.41, 5.74) is 1.23. The summed E-state index contributed by atoms with van der Waals surface area (Å²) in [6.07, 6.45) is 0.854. The third kappa shape index (κ3) is 8.29. The van der Waals surface area contributed by atoms with Crippen LogP contribution in [0.15, 0.2) is 63.3 Å². The highest BCUT2D eigenvalue weighted by Gasteiger charge is 2.29. The number of ether oxygens (including phenoxy) is 1. The second-order valence-corrected chi connectivity index (χ2v) is 14.3. The molecule has 260 valence electrons. The van der Waals surface area contributed by atoms with E-state index in [0.29, 0.717) is 58.4 Å². The largest absolute Gasteiger partial charge is 0.494 e. The molecule has 11 nitrogen and oxygen atoms in total. The number of nitrogens with zero attached hydrogens (tertiary/aromatic N) is 6. The first-order valence-corrected chi connectivity index (χ1v) is 17.8. The number of amidine groups is 1. The summed E-state index contributed by atoms with van der Waals surface area (Å²) in [5.74, 6) is 1.16. The van der Waals surface area contributed by atoms with E-state index in [1.807, 2.05) is 56.6 Å². The molecule has 0 aliphatic carbocycles. The minimum atomic E-state index is -1.43. The van der Waals surface area contributed by atoms with Crippen molar-refractivity contribution in [3.63, 3.8) is 0 Å². The zero-order valence-electron chi connectivity index (χ0n) is 30.2. The zero-order chi connectivity index (χ0) is 35.9. The molecule has 1 unspecified atom stereocenters. The monoisotopic (exact) mass is 687 g/mol. The molecule has 0 spiro atoms. The molecule has 2 heterocycles. The van der Waals surface area contributed by atoms with Crippen molar-refractivity contribution in [2.24, 2.45) is 9.98 Å². The minimum Gasteiger partial charge on any atom is -0.494 e. The molecule has 0 radical (unpaired) electrons. The van der Waals surface area contributed by atoms with Crippen molar-refractivity contribution >= 4 is 41.6 Å². The van der Waals surface area contributed by atoms with Gasteiger partial charge in [0.1, 0.15) is 12.4 Å². The van der Waals surface area contributed by atoms with Gasteiger partial charge in [0, 0.05) is 53.5 Å². The van der Waals surface area contributed by atoms with Crippen molar-refractivity contribution in [3.05, 3.63) is 81.2 Å². The first-order chi connectivity index (χ1) is 24.0. The topological polar surface area (TPSA) is 105 Å². The normalized spacial score (nSPS) is 14.4. The maximum Gasteiger partial charge on any atom is 0.261 e. The van der Waals surface area contributed by atoms with Gasteiger partial charge in [-0.25, -0.2) is 21.2 Å². The van der Waals surface area contributed by atoms with Crippen LogP contribution in [0, 0.1) is 6.57 Å². The Morgan fingerprint density at radius 3 is 2.45 bits per heavy atom. The van der Waals surface area contributed by atoms with E-state index in [4.69, 9.17) is 31.7 Å². The Morgan fingerprint density at radius 2 is 1.78 bits per heavy atom. The van der Waals surface area contributed by atoms with Crippen LogP contribution in [0.5, 0.6) is 11.6 Å². The van der Waals surface area contributed by atoms with Crippen LogP contribution in [0.4, 0.5) is 5.69 Å². The summed E-state index contributed by atoms with van der Waals surface area (Å²) in [7, 11) is 2.53. The quantitative estimate of drug-likeness (QED) is 0.0749. The van der Waals surface area contributed by atoms with Gasteiger partial charge in [-0.1, -0.05) is 12.1 Å². The average molecular weight is 688 g/mol. The molecular formula is C37H47N6O5P. The minimum absolute atomic E-state index is 0.0510. The fourth-order valence-electron chi connectivity index (χ4n) is 6.00. The van der Waals surface area contributed by atoms with E-state index >= 15 is 0 Å². The van der Waals surface area contributed by atoms with E-state index in [1.54, 1.807) is 6.07 Å². The van der Waals surface area contributed by atoms with Gasteiger partial charge in [0.2, 0.25) is 12.4 Å². The maximum atomic E-state index is 13.4. The molecule has 5 rings (SSSR count). The van der Waals surface area contributed by atoms with E-state index in [1.165, 1.54) is 4.57 Å². The van der Waals surface area contributed by atoms with Gasteiger partial charge in [-0.3, -0.25) is 9.36 Å². The number of rotatable bonds is 17. The number of fused-ring (bicyclic) bond motifs is 2. The third-order valence-electron chi connectivity index (χ3n) is 8.23. The van der Waals surface area contributed by atoms with E-state index < -0.39 is 8.53 Å². The predicted octanol–water partition coefficient (Wildman–Crippen LogP) is 6.70. The molecule has 49 heavy (non-hydrogen) atoms. The molecule has 1 aliphatic rings. The van der Waals surface area contributed by atoms with Gasteiger partial charge >= 0.3 is 0 Å². The Labute approximate surface area is 291 Å². The SMILES string of the molecule is [2H]C[C@H](CCOc1ccc(C2=Nc3cc4c(O)n(CCCN(C)C)c(=O)c5cccc(c3=N2)c45)cc1)OP(OCC[N+]#[C-])N(C(C)C)C(C)C. The van der Waals surface area contributed by atoms with Crippen molar-refractivity contribution in [1.29, 1.82) is 0 Å². The molecule has 0 fully saturated rings. The molecule has 2 atom stereocenters. The van der Waals surface area contributed by atoms with Gasteiger partial charge in [0.15, 0.2) is 5.84 Å². The van der Waals surface area contributed by atoms with Crippen LogP contribution in [0.3, 0.4) is 0 Å². The smallest absolute Gasteiger partial charge is 0.261 e. The molecule has 12 heteroatoms. The van der Waals surface area contributed by atoms with Crippen LogP contribution >= 0.6 is 8.53 Å². The molecule has 0 amide bonds. The highest BCUT2D eigenvalue weighted by molar-refractivity contribution is 7.44. The van der Waals surface area contributed by atoms with Crippen molar-refractivity contribution in [2.75, 3.05) is 40.4 Å². The van der Waals surface area contributed by atoms with Gasteiger partial charge in [-0.05, 0) is 98.1 Å². The lowest BCUT2D eigenvalue weighted by Crippen LogP contribution is -2.34. The summed E-state index contributed by atoms with van der Waals surface area (Å²) in [4.78, 5) is 28.6. The van der Waals surface area contributed by atoms with Crippen molar-refractivity contribution in [1.82, 2.24) is 14.1 Å². The second-order valence-electron chi connectivity index (χ2n) is 12.9. The van der Waals surface area contributed by atoms with E-state index in [2.05, 4.69) is 42.1 Å². The van der Waals surface area contributed by atoms with Gasteiger partial charge < -0.3 is 28.6 Å². The van der Waals surface area contributed by atoms with Crippen molar-refractivity contribution < 1.29 is 20.3 Å². The van der Waals surface area contributed by atoms with E-state index in [0.717, 1.165) is 23.9 Å². The number of aromatic hydroxyl groups is 1. The molecular weight excluding hydrogens is 639 g/mol. The number of benzene rings is 3. The highest BCUT2D eigenvalue weighted by Crippen LogP contribution is 2.47. The summed E-state index contributed by atoms with van der Waals surface area (Å²) in [6.45, 7) is 17.6. The van der Waals surface area contributed by atoms with Gasteiger partial charge in [0.05, 0.1) is 23.8 Å². The standard InChI is InChI=1S/C37H47N6O5P/c1-24(2)43(25(3)4)49(47-22-18-38-6)48-26(5)17-21-46-28-15-13-27(14-16-28)35-39-32-23-31-33-29(34(32)40-35)11-9-12-30(33)36(44)42(37(31)45)20-10-19-41(7)8/h9,11-16,23-26,45H,10,17-22H2,1-5,7-8H3/t26-,49?/m1/s1/i5D. The fraction of sp³-hybridized carbons (Fsp3) is 0.459. The molecule has 1 N–H and O–H groups in total. The first-order valence-electron chi connectivity index (χ1n) is 17.4. The Hall–Kier alpha value is -3.91. The molecule has 1 aliphatic heterocycles. The summed E-state index contributed by atoms with van der Waals surface area (Å²) in [6, 6.07) is 15.3. The van der Waals surface area contributed by atoms with Gasteiger partial charge in [0.25, 0.3) is 14.1 Å². The summed E-state index contributed by atoms with van der Waals surface area (Å²) < 4.78 is 30.1. The average Bonchev–Trinajstić information content (AvgIpc) is 3.52. The summed E-state index contributed by atoms with van der Waals surface area (Å²) in [5, 5.41) is 14.5. The number of aromatic nitrogens is 1. The second kappa shape index (κ2) is 16.2. The first kappa shape index (κ1) is 34.9. The molecule has 3 aromatic carbocycles. The molecule has 0 bridgehead atoms. The zero-order valence-corrected chi connectivity index (χ0v) is 30.1. The lowest BCUT2D eigenvalue weighted by molar-refractivity contribution is 0.126. The lowest BCUT2D eigenvalue weighted by Gasteiger charge is -2.36. The van der Waals surface area contributed by atoms with Crippen LogP contribution < -0.4 is 15.7 Å². The number of hydrogen-bond donors (Lipinski definition) is 1. The fourth-order valence-corrected chi connectivity index (χ4v) is 7.66. The van der Waals surface area contributed by atoms with Crippen molar-refractivity contribution in [2.45, 2.75) is 72.2 Å². The number of aliphatic imine (C=N–C) groups is 1. The number of hydrogen-bond acceptors (Lipinski definition) is 9. The number of pyridine rings is 1. The van der Waals surface area contributed by atoms with Crippen molar-refractivity contribution in [3.8, 4) is 11.6 Å². The van der Waals surface area contributed by atoms with Crippen LogP contribution in [-0.4, -0.2) is 83.7 Å². The van der Waals surface area contributed by atoms with E-state index in [9.17, 15) is 9.90 Å².